The van der Waals surface area contributed by atoms with Crippen molar-refractivity contribution in [2.75, 3.05) is 29.6 Å². The molecule has 3 aromatic rings. The van der Waals surface area contributed by atoms with Crippen LogP contribution in [0.15, 0.2) is 58.1 Å². The molecule has 0 unspecified atom stereocenters. The highest BCUT2D eigenvalue weighted by molar-refractivity contribution is 5.96. The van der Waals surface area contributed by atoms with Gasteiger partial charge in [-0.2, -0.15) is 0 Å². The first-order chi connectivity index (χ1) is 17.2. The number of rotatable bonds is 11. The summed E-state index contributed by atoms with van der Waals surface area (Å²) in [7, 11) is 1.33. The molecule has 0 atom stereocenters. The number of hydrogen-bond acceptors (Lipinski definition) is 8. The molecule has 3 rings (SSSR count). The summed E-state index contributed by atoms with van der Waals surface area (Å²) < 4.78 is 6.47. The quantitative estimate of drug-likeness (QED) is 0.269. The average molecular weight is 497 g/mol. The summed E-state index contributed by atoms with van der Waals surface area (Å²) in [6, 6.07) is 13.0. The summed E-state index contributed by atoms with van der Waals surface area (Å²) in [5.41, 5.74) is 5.81. The summed E-state index contributed by atoms with van der Waals surface area (Å²) in [6.07, 6.45) is 1.49. The largest absolute Gasteiger partial charge is 0.494 e. The summed E-state index contributed by atoms with van der Waals surface area (Å²) >= 11 is 0. The topological polar surface area (TPSA) is 166 Å². The average Bonchev–Trinajstić information content (AvgIpc) is 2.84. The molecule has 190 valence electrons. The van der Waals surface area contributed by atoms with Crippen LogP contribution < -0.4 is 31.9 Å². The number of non-ortho nitro benzene ring substituents is 1. The molecule has 0 aliphatic carbocycles. The molecule has 12 heteroatoms. The molecule has 1 amide bonds. The number of nitrogens with zero attached hydrogens (tertiary/aromatic N) is 3. The van der Waals surface area contributed by atoms with Gasteiger partial charge in [0.25, 0.3) is 11.2 Å². The number of H-pyrrole nitrogens is 1. The zero-order valence-corrected chi connectivity index (χ0v) is 20.0. The zero-order valence-electron chi connectivity index (χ0n) is 20.0. The third-order valence-electron chi connectivity index (χ3n) is 5.49. The maximum atomic E-state index is 13.1. The highest BCUT2D eigenvalue weighted by Gasteiger charge is 2.22. The fourth-order valence-electron chi connectivity index (χ4n) is 3.70. The van der Waals surface area contributed by atoms with E-state index in [-0.39, 0.29) is 41.7 Å². The third kappa shape index (κ3) is 6.09. The van der Waals surface area contributed by atoms with Gasteiger partial charge in [-0.25, -0.2) is 4.79 Å². The van der Waals surface area contributed by atoms with Gasteiger partial charge in [-0.15, -0.1) is 0 Å². The summed E-state index contributed by atoms with van der Waals surface area (Å²) in [5, 5.41) is 13.7. The van der Waals surface area contributed by atoms with Gasteiger partial charge in [0.05, 0.1) is 30.3 Å². The molecule has 0 aliphatic heterocycles. The Labute approximate surface area is 206 Å². The van der Waals surface area contributed by atoms with Crippen molar-refractivity contribution in [2.24, 2.45) is 0 Å². The second kappa shape index (κ2) is 11.7. The zero-order chi connectivity index (χ0) is 26.2. The van der Waals surface area contributed by atoms with Crippen LogP contribution in [0.2, 0.25) is 0 Å². The van der Waals surface area contributed by atoms with E-state index in [9.17, 15) is 24.5 Å². The van der Waals surface area contributed by atoms with Gasteiger partial charge in [-0.05, 0) is 18.1 Å². The molecule has 36 heavy (non-hydrogen) atoms. The first-order valence-electron chi connectivity index (χ1n) is 11.3. The lowest BCUT2D eigenvalue weighted by Gasteiger charge is -2.26. The first kappa shape index (κ1) is 26.0. The van der Waals surface area contributed by atoms with E-state index < -0.39 is 22.1 Å². The number of benzene rings is 2. The lowest BCUT2D eigenvalue weighted by atomic mass is 10.2. The minimum Gasteiger partial charge on any atom is -0.494 e. The second-order valence-corrected chi connectivity index (χ2v) is 8.03. The van der Waals surface area contributed by atoms with Crippen LogP contribution in [0.5, 0.6) is 5.75 Å². The lowest BCUT2D eigenvalue weighted by Crippen LogP contribution is -2.41. The molecular weight excluding hydrogens is 468 g/mol. The van der Waals surface area contributed by atoms with E-state index in [2.05, 4.69) is 10.3 Å². The number of unbranched alkanes of at least 4 members (excludes halogenated alkanes) is 1. The van der Waals surface area contributed by atoms with E-state index in [4.69, 9.17) is 10.5 Å². The van der Waals surface area contributed by atoms with E-state index in [0.717, 1.165) is 12.0 Å². The number of aromatic nitrogens is 2. The molecule has 0 bridgehead atoms. The normalized spacial score (nSPS) is 10.6. The van der Waals surface area contributed by atoms with Crippen LogP contribution in [0, 0.1) is 10.1 Å². The van der Waals surface area contributed by atoms with Crippen LogP contribution in [0.4, 0.5) is 22.9 Å². The van der Waals surface area contributed by atoms with Gasteiger partial charge < -0.3 is 20.7 Å². The number of nitro groups is 1. The van der Waals surface area contributed by atoms with Crippen molar-refractivity contribution in [3.63, 3.8) is 0 Å². The number of nitrogens with one attached hydrogen (secondary N) is 2. The molecule has 0 fully saturated rings. The van der Waals surface area contributed by atoms with Crippen molar-refractivity contribution >= 4 is 28.8 Å². The van der Waals surface area contributed by atoms with Crippen molar-refractivity contribution in [1.29, 1.82) is 0 Å². The number of carbonyl (C=O) groups is 1. The van der Waals surface area contributed by atoms with Gasteiger partial charge in [0, 0.05) is 19.2 Å². The Kier molecular flexibility index (Phi) is 8.44. The Morgan fingerprint density at radius 2 is 1.94 bits per heavy atom. The van der Waals surface area contributed by atoms with Crippen molar-refractivity contribution in [3.8, 4) is 5.75 Å². The summed E-state index contributed by atoms with van der Waals surface area (Å²) in [6.45, 7) is 2.14. The van der Waals surface area contributed by atoms with E-state index in [1.165, 1.54) is 34.8 Å². The van der Waals surface area contributed by atoms with Gasteiger partial charge in [-0.1, -0.05) is 43.7 Å². The molecule has 0 saturated carbocycles. The van der Waals surface area contributed by atoms with E-state index >= 15 is 0 Å². The molecule has 1 aromatic heterocycles. The number of nitrogen functional groups attached to an aromatic ring is 1. The fraction of sp³-hybridized carbons (Fsp3) is 0.292. The van der Waals surface area contributed by atoms with Crippen LogP contribution in [-0.4, -0.2) is 34.0 Å². The van der Waals surface area contributed by atoms with E-state index in [1.807, 2.05) is 37.3 Å². The van der Waals surface area contributed by atoms with Crippen LogP contribution in [0.3, 0.4) is 0 Å². The Morgan fingerprint density at radius 1 is 1.22 bits per heavy atom. The lowest BCUT2D eigenvalue weighted by molar-refractivity contribution is -0.384. The molecular formula is C24H28N6O6. The first-order valence-corrected chi connectivity index (χ1v) is 11.3. The van der Waals surface area contributed by atoms with Gasteiger partial charge >= 0.3 is 5.69 Å². The van der Waals surface area contributed by atoms with Crippen molar-refractivity contribution < 1.29 is 14.5 Å². The molecule has 0 radical (unpaired) electrons. The number of amides is 1. The molecule has 12 nitrogen and oxygen atoms in total. The molecule has 0 saturated heterocycles. The Bertz CT molecular complexity index is 1350. The van der Waals surface area contributed by atoms with Crippen LogP contribution in [0.1, 0.15) is 25.3 Å². The van der Waals surface area contributed by atoms with Crippen LogP contribution in [-0.2, 0) is 17.9 Å². The van der Waals surface area contributed by atoms with E-state index in [1.54, 1.807) is 0 Å². The minimum atomic E-state index is -0.707. The number of nitrogens with two attached hydrogens (primary N) is 1. The minimum absolute atomic E-state index is 0.000343. The number of ether oxygens (including phenoxy) is 1. The number of nitro benzene ring substituents is 1. The Hall–Kier alpha value is -4.61. The third-order valence-corrected chi connectivity index (χ3v) is 5.49. The Morgan fingerprint density at radius 3 is 2.58 bits per heavy atom. The van der Waals surface area contributed by atoms with E-state index in [0.29, 0.717) is 13.0 Å². The van der Waals surface area contributed by atoms with Crippen molar-refractivity contribution in [3.05, 3.63) is 85.0 Å². The molecule has 2 aromatic carbocycles. The monoisotopic (exact) mass is 496 g/mol. The van der Waals surface area contributed by atoms with Gasteiger partial charge in [0.1, 0.15) is 17.3 Å². The van der Waals surface area contributed by atoms with Crippen molar-refractivity contribution in [2.45, 2.75) is 32.9 Å². The highest BCUT2D eigenvalue weighted by atomic mass is 16.6. The predicted octanol–water partition coefficient (Wildman–Crippen LogP) is 2.48. The molecule has 1 heterocycles. The predicted molar refractivity (Wildman–Crippen MR) is 136 cm³/mol. The standard InChI is InChI=1S/C24H28N6O6/c1-3-4-12-29-22(25)21(23(32)27-24(29)33)28(14-16-8-6-5-7-9-16)15-20(31)26-18-11-10-17(30(34)35)13-19(18)36-2/h5-11,13H,3-4,12,14-15,25H2,1-2H3,(H,26,31)(H,27,32,33). The number of methoxy groups -OCH3 is 1. The molecule has 4 N–H and O–H groups in total. The number of aromatic amines is 1. The summed E-state index contributed by atoms with van der Waals surface area (Å²) in [5.74, 6) is -0.449. The maximum absolute atomic E-state index is 13.1. The maximum Gasteiger partial charge on any atom is 0.330 e. The van der Waals surface area contributed by atoms with Crippen LogP contribution in [0.25, 0.3) is 0 Å². The number of anilines is 3. The Balaban J connectivity index is 1.97. The van der Waals surface area contributed by atoms with Gasteiger partial charge in [0.15, 0.2) is 0 Å². The number of carbonyl (C=O) groups excluding carboxylic acids is 1. The second-order valence-electron chi connectivity index (χ2n) is 8.03. The summed E-state index contributed by atoms with van der Waals surface area (Å²) in [4.78, 5) is 52.5. The van der Waals surface area contributed by atoms with Gasteiger partial charge in [0.2, 0.25) is 5.91 Å². The van der Waals surface area contributed by atoms with Gasteiger partial charge in [-0.3, -0.25) is 29.3 Å². The molecule has 0 spiro atoms. The fourth-order valence-corrected chi connectivity index (χ4v) is 3.70. The number of hydrogen-bond donors (Lipinski definition) is 3. The SMILES string of the molecule is CCCCn1c(N)c(N(CC(=O)Nc2ccc([N+](=O)[O-])cc2OC)Cc2ccccc2)c(=O)[nH]c1=O. The smallest absolute Gasteiger partial charge is 0.330 e. The van der Waals surface area contributed by atoms with Crippen molar-refractivity contribution in [1.82, 2.24) is 9.55 Å². The van der Waals surface area contributed by atoms with Crippen LogP contribution >= 0.6 is 0 Å². The highest BCUT2D eigenvalue weighted by Crippen LogP contribution is 2.29. The molecule has 0 aliphatic rings.